The van der Waals surface area contributed by atoms with Gasteiger partial charge in [0, 0.05) is 30.8 Å². The summed E-state index contributed by atoms with van der Waals surface area (Å²) in [6, 6.07) is 9.16. The van der Waals surface area contributed by atoms with Crippen LogP contribution in [-0.2, 0) is 16.1 Å². The van der Waals surface area contributed by atoms with Crippen molar-refractivity contribution in [2.45, 2.75) is 91.3 Å². The van der Waals surface area contributed by atoms with Crippen LogP contribution in [0.2, 0.25) is 0 Å². The van der Waals surface area contributed by atoms with Crippen LogP contribution in [0.25, 0.3) is 5.69 Å². The highest BCUT2D eigenvalue weighted by atomic mass is 16.6. The van der Waals surface area contributed by atoms with Crippen LogP contribution in [0.3, 0.4) is 0 Å². The molecule has 3 aliphatic heterocycles. The highest BCUT2D eigenvalue weighted by molar-refractivity contribution is 5.94. The van der Waals surface area contributed by atoms with Crippen molar-refractivity contribution in [3.05, 3.63) is 91.8 Å². The number of nitrogens with one attached hydrogen (secondary N) is 1. The number of piperazine rings is 1. The first-order valence-electron chi connectivity index (χ1n) is 17.7. The Morgan fingerprint density at radius 1 is 1.00 bits per heavy atom. The minimum absolute atomic E-state index is 0.0192. The third kappa shape index (κ3) is 6.87. The van der Waals surface area contributed by atoms with Crippen molar-refractivity contribution in [1.29, 1.82) is 0 Å². The van der Waals surface area contributed by atoms with Crippen molar-refractivity contribution in [3.8, 4) is 11.4 Å². The van der Waals surface area contributed by atoms with Crippen molar-refractivity contribution in [2.75, 3.05) is 19.6 Å². The Kier molecular flexibility index (Phi) is 9.42. The fraction of sp³-hybridized carbons (Fsp3) is 0.474. The van der Waals surface area contributed by atoms with Crippen molar-refractivity contribution >= 4 is 23.9 Å². The Morgan fingerprint density at radius 2 is 1.68 bits per heavy atom. The Bertz CT molecular complexity index is 2130. The molecular formula is C38H46N6O9. The summed E-state index contributed by atoms with van der Waals surface area (Å²) in [5, 5.41) is 12.9. The summed E-state index contributed by atoms with van der Waals surface area (Å²) in [5.74, 6) is -0.369. The molecule has 53 heavy (non-hydrogen) atoms. The maximum absolute atomic E-state index is 14.1. The van der Waals surface area contributed by atoms with E-state index in [9.17, 15) is 33.9 Å². The lowest BCUT2D eigenvalue weighted by molar-refractivity contribution is -0.137. The number of hydrogen-bond acceptors (Lipinski definition) is 8. The predicted molar refractivity (Wildman–Crippen MR) is 194 cm³/mol. The van der Waals surface area contributed by atoms with E-state index in [1.807, 2.05) is 33.8 Å². The van der Waals surface area contributed by atoms with E-state index in [4.69, 9.17) is 9.47 Å². The number of alkyl carbamates (subject to hydrolysis) is 1. The maximum Gasteiger partial charge on any atom is 0.408 e. The molecule has 1 saturated heterocycles. The number of carbonyl (C=O) groups is 4. The number of ether oxygens (including phenoxy) is 2. The Morgan fingerprint density at radius 3 is 2.28 bits per heavy atom. The molecule has 3 unspecified atom stereocenters. The molecule has 1 aromatic heterocycles. The second-order valence-electron chi connectivity index (χ2n) is 15.5. The molecule has 6 rings (SSSR count). The molecule has 3 aliphatic rings. The molecule has 3 atom stereocenters. The lowest BCUT2D eigenvalue weighted by atomic mass is 9.82. The minimum atomic E-state index is -1.15. The van der Waals surface area contributed by atoms with E-state index in [1.54, 1.807) is 68.1 Å². The van der Waals surface area contributed by atoms with Gasteiger partial charge in [-0.15, -0.1) is 0 Å². The van der Waals surface area contributed by atoms with E-state index >= 15 is 0 Å². The van der Waals surface area contributed by atoms with Crippen molar-refractivity contribution < 1.29 is 33.8 Å². The molecule has 4 heterocycles. The number of aromatic nitrogens is 3. The summed E-state index contributed by atoms with van der Waals surface area (Å²) < 4.78 is 15.8. The zero-order valence-corrected chi connectivity index (χ0v) is 31.2. The topological polar surface area (TPSA) is 174 Å². The third-order valence-electron chi connectivity index (χ3n) is 9.93. The average molecular weight is 731 g/mol. The Labute approximate surface area is 306 Å². The summed E-state index contributed by atoms with van der Waals surface area (Å²) in [6.45, 7) is 14.3. The monoisotopic (exact) mass is 730 g/mol. The fourth-order valence-corrected chi connectivity index (χ4v) is 7.33. The number of rotatable bonds is 6. The zero-order valence-electron chi connectivity index (χ0n) is 31.2. The molecule has 0 saturated carbocycles. The molecule has 3 aromatic rings. The second kappa shape index (κ2) is 13.4. The van der Waals surface area contributed by atoms with E-state index in [-0.39, 0.29) is 43.8 Å². The van der Waals surface area contributed by atoms with Crippen LogP contribution in [0, 0.1) is 5.92 Å². The highest BCUT2D eigenvalue weighted by Crippen LogP contribution is 2.47. The summed E-state index contributed by atoms with van der Waals surface area (Å²) >= 11 is 0. The molecule has 15 nitrogen and oxygen atoms in total. The first kappa shape index (κ1) is 37.2. The van der Waals surface area contributed by atoms with Gasteiger partial charge in [0.1, 0.15) is 29.0 Å². The van der Waals surface area contributed by atoms with Crippen LogP contribution in [0.5, 0.6) is 5.75 Å². The molecule has 1 fully saturated rings. The molecule has 0 aliphatic carbocycles. The number of amides is 3. The smallest absolute Gasteiger partial charge is 0.408 e. The predicted octanol–water partition coefficient (Wildman–Crippen LogP) is 4.12. The lowest BCUT2D eigenvalue weighted by Gasteiger charge is -2.44. The second-order valence-corrected chi connectivity index (χ2v) is 15.5. The van der Waals surface area contributed by atoms with E-state index < -0.39 is 52.9 Å². The van der Waals surface area contributed by atoms with Crippen LogP contribution in [0.1, 0.15) is 89.0 Å². The number of fused-ring (bicyclic) bond motifs is 5. The first-order chi connectivity index (χ1) is 24.8. The van der Waals surface area contributed by atoms with E-state index in [0.717, 1.165) is 10.1 Å². The normalized spacial score (nSPS) is 19.6. The quantitative estimate of drug-likeness (QED) is 0.279. The number of carboxylic acid groups (broad SMARTS) is 1. The number of benzene rings is 2. The molecule has 0 bridgehead atoms. The molecule has 282 valence electrons. The van der Waals surface area contributed by atoms with Gasteiger partial charge in [0.2, 0.25) is 5.91 Å². The van der Waals surface area contributed by atoms with Gasteiger partial charge in [-0.25, -0.2) is 33.1 Å². The molecule has 0 spiro atoms. The van der Waals surface area contributed by atoms with Crippen LogP contribution in [-0.4, -0.2) is 89.6 Å². The standard InChI is InChI=1S/C38H46N6O9/c1-21(2)30(39-33(47)53-37(4,5)6)32(46)40-17-18-41(36(50)51)28(20-40)24-11-14-26-29(19-24)52-38(7,8)27-15-16-42-34(48)43(35(49)44(42)31(26)27)25-12-9-23(10-13-25)22(3)45/h9-15,19,21,28,30-31H,16-18,20H2,1-8H3,(H,39,47)(H,50,51). The van der Waals surface area contributed by atoms with E-state index in [0.29, 0.717) is 28.1 Å². The number of carbonyl (C=O) groups excluding carboxylic acids is 3. The number of hydrogen-bond donors (Lipinski definition) is 2. The van der Waals surface area contributed by atoms with Crippen LogP contribution in [0.4, 0.5) is 9.59 Å². The molecule has 3 amide bonds. The third-order valence-corrected chi connectivity index (χ3v) is 9.93. The summed E-state index contributed by atoms with van der Waals surface area (Å²) in [7, 11) is 0. The molecule has 15 heteroatoms. The van der Waals surface area contributed by atoms with Gasteiger partial charge >= 0.3 is 23.6 Å². The number of allylic oxidation sites excluding steroid dienone is 1. The van der Waals surface area contributed by atoms with Crippen LogP contribution in [0.15, 0.2) is 63.7 Å². The van der Waals surface area contributed by atoms with Gasteiger partial charge in [0.25, 0.3) is 0 Å². The number of nitrogens with zero attached hydrogens (tertiary/aromatic N) is 5. The minimum Gasteiger partial charge on any atom is -0.483 e. The van der Waals surface area contributed by atoms with E-state index in [2.05, 4.69) is 5.32 Å². The van der Waals surface area contributed by atoms with E-state index in [1.165, 1.54) is 21.2 Å². The SMILES string of the molecule is CC(=O)c1ccc(-n2c(=O)n3n(c2=O)C2C(=CC3)C(C)(C)Oc3cc(C4CN(C(=O)C(NC(=O)OC(C)(C)C)C(C)C)CCN4C(=O)O)ccc32)cc1. The first-order valence-corrected chi connectivity index (χ1v) is 17.7. The van der Waals surface area contributed by atoms with Crippen LogP contribution < -0.4 is 21.4 Å². The van der Waals surface area contributed by atoms with Gasteiger partial charge in [-0.05, 0) is 88.9 Å². The summed E-state index contributed by atoms with van der Waals surface area (Å²) in [5.41, 5.74) is -0.0427. The highest BCUT2D eigenvalue weighted by Gasteiger charge is 2.45. The maximum atomic E-state index is 14.1. The summed E-state index contributed by atoms with van der Waals surface area (Å²) in [4.78, 5) is 81.5. The largest absolute Gasteiger partial charge is 0.483 e. The zero-order chi connectivity index (χ0) is 38.7. The van der Waals surface area contributed by atoms with Crippen molar-refractivity contribution in [2.24, 2.45) is 5.92 Å². The Hall–Kier alpha value is -5.60. The lowest BCUT2D eigenvalue weighted by Crippen LogP contribution is -2.58. The van der Waals surface area contributed by atoms with Gasteiger partial charge in [-0.3, -0.25) is 14.5 Å². The van der Waals surface area contributed by atoms with Crippen LogP contribution >= 0.6 is 0 Å². The van der Waals surface area contributed by atoms with Crippen molar-refractivity contribution in [3.63, 3.8) is 0 Å². The van der Waals surface area contributed by atoms with Gasteiger partial charge in [0.15, 0.2) is 5.78 Å². The number of ketones is 1. The van der Waals surface area contributed by atoms with Gasteiger partial charge in [0.05, 0.1) is 18.3 Å². The Balaban J connectivity index is 1.36. The molecular weight excluding hydrogens is 684 g/mol. The average Bonchev–Trinajstić information content (AvgIpc) is 3.34. The fourth-order valence-electron chi connectivity index (χ4n) is 7.33. The molecule has 2 aromatic carbocycles. The van der Waals surface area contributed by atoms with Gasteiger partial charge in [-0.2, -0.15) is 0 Å². The molecule has 0 radical (unpaired) electrons. The molecule has 2 N–H and O–H groups in total. The number of Topliss-reactive ketones (excluding diaryl/α,β-unsaturated/α-hetero) is 1. The van der Waals surface area contributed by atoms with Gasteiger partial charge in [-0.1, -0.05) is 32.1 Å². The van der Waals surface area contributed by atoms with Gasteiger partial charge < -0.3 is 24.8 Å². The summed E-state index contributed by atoms with van der Waals surface area (Å²) in [6.07, 6.45) is 0.0134. The van der Waals surface area contributed by atoms with Crippen molar-refractivity contribution in [1.82, 2.24) is 29.0 Å².